The Labute approximate surface area is 191 Å². The number of benzene rings is 3. The van der Waals surface area contributed by atoms with Crippen LogP contribution in [-0.4, -0.2) is 36.6 Å². The highest BCUT2D eigenvalue weighted by atomic mass is 35.5. The van der Waals surface area contributed by atoms with Crippen molar-refractivity contribution in [2.75, 3.05) is 13.7 Å². The van der Waals surface area contributed by atoms with Gasteiger partial charge in [-0.15, -0.1) is 0 Å². The summed E-state index contributed by atoms with van der Waals surface area (Å²) in [6.07, 6.45) is 1.25. The van der Waals surface area contributed by atoms with E-state index < -0.39 is 0 Å². The van der Waals surface area contributed by atoms with Gasteiger partial charge in [-0.05, 0) is 59.7 Å². The summed E-state index contributed by atoms with van der Waals surface area (Å²) in [6.45, 7) is -0.242. The van der Waals surface area contributed by atoms with Crippen molar-refractivity contribution in [1.29, 1.82) is 0 Å². The highest BCUT2D eigenvalue weighted by Gasteiger charge is 2.33. The fourth-order valence-corrected chi connectivity index (χ4v) is 3.68. The Balaban J connectivity index is 1.59. The van der Waals surface area contributed by atoms with Gasteiger partial charge >= 0.3 is 0 Å². The molecule has 0 radical (unpaired) electrons. The number of hydrogen-bond acceptors (Lipinski definition) is 5. The van der Waals surface area contributed by atoms with Gasteiger partial charge in [-0.2, -0.15) is 5.10 Å². The first-order valence-corrected chi connectivity index (χ1v) is 10.4. The molecule has 0 aliphatic carbocycles. The third-order valence-electron chi connectivity index (χ3n) is 5.24. The molecule has 1 aliphatic heterocycles. The zero-order valence-electron chi connectivity index (χ0n) is 17.4. The van der Waals surface area contributed by atoms with Crippen molar-refractivity contribution in [3.8, 4) is 11.5 Å². The maximum Gasteiger partial charge on any atom is 0.281 e. The van der Waals surface area contributed by atoms with Crippen LogP contribution in [-0.2, 0) is 4.79 Å². The maximum atomic E-state index is 13.1. The molecule has 0 fully saturated rings. The van der Waals surface area contributed by atoms with Gasteiger partial charge < -0.3 is 9.47 Å². The van der Waals surface area contributed by atoms with Crippen molar-refractivity contribution in [3.63, 3.8) is 0 Å². The van der Waals surface area contributed by atoms with Crippen molar-refractivity contribution in [3.05, 3.63) is 94.5 Å². The van der Waals surface area contributed by atoms with Crippen LogP contribution in [0.25, 0.3) is 0 Å². The van der Waals surface area contributed by atoms with Crippen LogP contribution in [0, 0.1) is 0 Å². The van der Waals surface area contributed by atoms with Gasteiger partial charge in [0.25, 0.3) is 5.91 Å². The normalized spacial score (nSPS) is 15.2. The fourth-order valence-electron chi connectivity index (χ4n) is 3.56. The molecule has 162 valence electrons. The molecule has 6 nitrogen and oxygen atoms in total. The van der Waals surface area contributed by atoms with Crippen molar-refractivity contribution >= 4 is 29.5 Å². The number of para-hydroxylation sites is 1. The summed E-state index contributed by atoms with van der Waals surface area (Å²) in [5.74, 6) is 0.795. The van der Waals surface area contributed by atoms with Crippen LogP contribution < -0.4 is 9.47 Å². The number of amides is 1. The van der Waals surface area contributed by atoms with Gasteiger partial charge in [0.05, 0.1) is 24.4 Å². The number of hydrazone groups is 1. The van der Waals surface area contributed by atoms with E-state index in [1.165, 1.54) is 5.01 Å². The molecule has 1 unspecified atom stereocenters. The van der Waals surface area contributed by atoms with Gasteiger partial charge in [-0.3, -0.25) is 9.59 Å². The number of rotatable bonds is 7. The van der Waals surface area contributed by atoms with E-state index in [1.54, 1.807) is 43.5 Å². The number of aldehydes is 1. The number of carbonyl (C=O) groups is 2. The summed E-state index contributed by atoms with van der Waals surface area (Å²) < 4.78 is 10.9. The maximum absolute atomic E-state index is 13.1. The summed E-state index contributed by atoms with van der Waals surface area (Å²) in [5.41, 5.74) is 3.00. The van der Waals surface area contributed by atoms with Crippen LogP contribution in [0.1, 0.15) is 33.9 Å². The predicted molar refractivity (Wildman–Crippen MR) is 123 cm³/mol. The van der Waals surface area contributed by atoms with Crippen LogP contribution in [0.4, 0.5) is 0 Å². The summed E-state index contributed by atoms with van der Waals surface area (Å²) in [4.78, 5) is 24.3. The molecule has 0 bridgehead atoms. The van der Waals surface area contributed by atoms with Crippen molar-refractivity contribution < 1.29 is 19.1 Å². The smallest absolute Gasteiger partial charge is 0.281 e. The van der Waals surface area contributed by atoms with Crippen LogP contribution in [0.5, 0.6) is 11.5 Å². The molecule has 0 N–H and O–H groups in total. The molecular formula is C25H21ClN2O4. The van der Waals surface area contributed by atoms with Gasteiger partial charge in [0, 0.05) is 11.4 Å². The van der Waals surface area contributed by atoms with E-state index in [1.807, 2.05) is 36.4 Å². The molecule has 0 saturated carbocycles. The summed E-state index contributed by atoms with van der Waals surface area (Å²) in [5, 5.41) is 6.70. The second-order valence-electron chi connectivity index (χ2n) is 7.23. The lowest BCUT2D eigenvalue weighted by atomic mass is 9.98. The largest absolute Gasteiger partial charge is 0.497 e. The molecule has 1 aliphatic rings. The molecule has 0 aromatic heterocycles. The standard InChI is InChI=1S/C25H21ClN2O4/c1-31-21-12-8-17(9-13-21)22-14-23(18-6-10-20(26)11-7-18)28(27-22)25(30)16-32-24-5-3-2-4-19(24)15-29/h2-13,15,23H,14,16H2,1H3. The predicted octanol–water partition coefficient (Wildman–Crippen LogP) is 4.92. The Bertz CT molecular complexity index is 1140. The summed E-state index contributed by atoms with van der Waals surface area (Å²) >= 11 is 6.05. The number of hydrogen-bond donors (Lipinski definition) is 0. The van der Waals surface area contributed by atoms with Crippen molar-refractivity contribution in [1.82, 2.24) is 5.01 Å². The Morgan fingerprint density at radius 1 is 1.09 bits per heavy atom. The molecule has 1 heterocycles. The number of nitrogens with zero attached hydrogens (tertiary/aromatic N) is 2. The highest BCUT2D eigenvalue weighted by molar-refractivity contribution is 6.30. The number of halogens is 1. The van der Waals surface area contributed by atoms with Crippen molar-refractivity contribution in [2.45, 2.75) is 12.5 Å². The van der Waals surface area contributed by atoms with Crippen LogP contribution >= 0.6 is 11.6 Å². The van der Waals surface area contributed by atoms with Crippen LogP contribution in [0.3, 0.4) is 0 Å². The summed E-state index contributed by atoms with van der Waals surface area (Å²) in [7, 11) is 1.61. The monoisotopic (exact) mass is 448 g/mol. The molecule has 7 heteroatoms. The average Bonchev–Trinajstić information content (AvgIpc) is 3.29. The van der Waals surface area contributed by atoms with E-state index in [0.29, 0.717) is 29.0 Å². The Kier molecular flexibility index (Phi) is 6.52. The molecule has 1 amide bonds. The van der Waals surface area contributed by atoms with Crippen molar-refractivity contribution in [2.24, 2.45) is 5.10 Å². The summed E-state index contributed by atoms with van der Waals surface area (Å²) in [6, 6.07) is 21.4. The quantitative estimate of drug-likeness (QED) is 0.481. The van der Waals surface area contributed by atoms with Crippen LogP contribution in [0.2, 0.25) is 5.02 Å². The van der Waals surface area contributed by atoms with E-state index in [0.717, 1.165) is 22.6 Å². The number of ether oxygens (including phenoxy) is 2. The minimum atomic E-state index is -0.311. The first kappa shape index (κ1) is 21.6. The Morgan fingerprint density at radius 3 is 2.50 bits per heavy atom. The zero-order chi connectivity index (χ0) is 22.5. The third kappa shape index (κ3) is 4.65. The Hall–Kier alpha value is -3.64. The lowest BCUT2D eigenvalue weighted by Gasteiger charge is -2.22. The lowest BCUT2D eigenvalue weighted by molar-refractivity contribution is -0.135. The SMILES string of the molecule is COc1ccc(C2=NN(C(=O)COc3ccccc3C=O)C(c3ccc(Cl)cc3)C2)cc1. The molecule has 4 rings (SSSR count). The molecule has 3 aromatic carbocycles. The minimum absolute atomic E-state index is 0.242. The number of carbonyl (C=O) groups excluding carboxylic acids is 2. The first-order valence-electron chi connectivity index (χ1n) is 10.1. The van der Waals surface area contributed by atoms with Crippen LogP contribution in [0.15, 0.2) is 77.9 Å². The van der Waals surface area contributed by atoms with E-state index >= 15 is 0 Å². The molecule has 0 spiro atoms. The van der Waals surface area contributed by atoms with E-state index in [9.17, 15) is 9.59 Å². The van der Waals surface area contributed by atoms with Gasteiger partial charge in [0.2, 0.25) is 0 Å². The Morgan fingerprint density at radius 2 is 1.81 bits per heavy atom. The molecule has 3 aromatic rings. The van der Waals surface area contributed by atoms with Gasteiger partial charge in [0.15, 0.2) is 12.9 Å². The van der Waals surface area contributed by atoms with Gasteiger partial charge in [0.1, 0.15) is 11.5 Å². The molecule has 0 saturated heterocycles. The van der Waals surface area contributed by atoms with E-state index in [2.05, 4.69) is 5.10 Å². The third-order valence-corrected chi connectivity index (χ3v) is 5.49. The van der Waals surface area contributed by atoms with Gasteiger partial charge in [-0.25, -0.2) is 5.01 Å². The first-order chi connectivity index (χ1) is 15.6. The second kappa shape index (κ2) is 9.66. The fraction of sp³-hybridized carbons (Fsp3) is 0.160. The average molecular weight is 449 g/mol. The van der Waals surface area contributed by atoms with E-state index in [4.69, 9.17) is 21.1 Å². The second-order valence-corrected chi connectivity index (χ2v) is 7.67. The van der Waals surface area contributed by atoms with Gasteiger partial charge in [-0.1, -0.05) is 35.9 Å². The highest BCUT2D eigenvalue weighted by Crippen LogP contribution is 2.34. The topological polar surface area (TPSA) is 68.2 Å². The lowest BCUT2D eigenvalue weighted by Crippen LogP contribution is -2.31. The molecular weight excluding hydrogens is 428 g/mol. The molecule has 1 atom stereocenters. The molecule has 32 heavy (non-hydrogen) atoms. The minimum Gasteiger partial charge on any atom is -0.497 e. The van der Waals surface area contributed by atoms with E-state index in [-0.39, 0.29) is 18.6 Å². The number of methoxy groups -OCH3 is 1. The zero-order valence-corrected chi connectivity index (χ0v) is 18.2.